The zero-order chi connectivity index (χ0) is 11.4. The van der Waals surface area contributed by atoms with Gasteiger partial charge in [-0.25, -0.2) is 0 Å². The minimum absolute atomic E-state index is 0.107. The van der Waals surface area contributed by atoms with Gasteiger partial charge in [-0.2, -0.15) is 0 Å². The number of amides is 1. The minimum atomic E-state index is 0.107. The molecule has 0 aromatic heterocycles. The topological polar surface area (TPSA) is 32.3 Å². The van der Waals surface area contributed by atoms with Gasteiger partial charge < -0.3 is 10.2 Å². The first-order valence-electron chi connectivity index (χ1n) is 6.79. The Morgan fingerprint density at radius 1 is 1.12 bits per heavy atom. The summed E-state index contributed by atoms with van der Waals surface area (Å²) in [6.45, 7) is 5.24. The van der Waals surface area contributed by atoms with Crippen LogP contribution in [0.1, 0.15) is 45.4 Å². The number of rotatable bonds is 1. The van der Waals surface area contributed by atoms with Crippen LogP contribution in [0.4, 0.5) is 0 Å². The van der Waals surface area contributed by atoms with Gasteiger partial charge in [-0.1, -0.05) is 19.8 Å². The van der Waals surface area contributed by atoms with E-state index in [2.05, 4.69) is 17.1 Å². The number of nitrogens with one attached hydrogen (secondary N) is 1. The number of nitrogens with zero attached hydrogens (tertiary/aromatic N) is 1. The van der Waals surface area contributed by atoms with Crippen molar-refractivity contribution in [1.82, 2.24) is 10.2 Å². The van der Waals surface area contributed by atoms with Crippen molar-refractivity contribution < 1.29 is 4.79 Å². The van der Waals surface area contributed by atoms with Crippen molar-refractivity contribution in [2.24, 2.45) is 5.92 Å². The molecule has 0 bridgehead atoms. The zero-order valence-electron chi connectivity index (χ0n) is 10.4. The second-order valence-electron chi connectivity index (χ2n) is 5.36. The predicted molar refractivity (Wildman–Crippen MR) is 65.2 cm³/mol. The van der Waals surface area contributed by atoms with E-state index in [4.69, 9.17) is 0 Å². The van der Waals surface area contributed by atoms with E-state index < -0.39 is 0 Å². The fourth-order valence-corrected chi connectivity index (χ4v) is 2.69. The summed E-state index contributed by atoms with van der Waals surface area (Å²) < 4.78 is 0. The highest BCUT2D eigenvalue weighted by atomic mass is 16.2. The summed E-state index contributed by atoms with van der Waals surface area (Å²) in [5.41, 5.74) is 0. The fraction of sp³-hybridized carbons (Fsp3) is 0.923. The normalized spacial score (nSPS) is 28.8. The van der Waals surface area contributed by atoms with Crippen molar-refractivity contribution in [1.29, 1.82) is 0 Å². The van der Waals surface area contributed by atoms with Gasteiger partial charge in [-0.15, -0.1) is 0 Å². The number of piperidine rings is 1. The van der Waals surface area contributed by atoms with Crippen LogP contribution in [0.15, 0.2) is 0 Å². The molecule has 16 heavy (non-hydrogen) atoms. The van der Waals surface area contributed by atoms with Crippen molar-refractivity contribution in [3.05, 3.63) is 0 Å². The lowest BCUT2D eigenvalue weighted by Crippen LogP contribution is -2.48. The average molecular weight is 224 g/mol. The van der Waals surface area contributed by atoms with E-state index in [-0.39, 0.29) is 6.04 Å². The van der Waals surface area contributed by atoms with Gasteiger partial charge in [0.2, 0.25) is 5.91 Å². The van der Waals surface area contributed by atoms with Gasteiger partial charge in [0.1, 0.15) is 0 Å². The lowest BCUT2D eigenvalue weighted by molar-refractivity contribution is -0.134. The van der Waals surface area contributed by atoms with E-state index in [0.29, 0.717) is 5.91 Å². The average Bonchev–Trinajstić information content (AvgIpc) is 2.57. The first-order chi connectivity index (χ1) is 7.77. The van der Waals surface area contributed by atoms with Crippen LogP contribution in [-0.4, -0.2) is 36.5 Å². The molecular weight excluding hydrogens is 200 g/mol. The first-order valence-corrected chi connectivity index (χ1v) is 6.79. The SMILES string of the molecule is CC1CCN(C(=O)[C@@H]2CCCCCN2)CC1. The number of carbonyl (C=O) groups is 1. The molecule has 0 spiro atoms. The standard InChI is InChI=1S/C13H24N2O/c1-11-6-9-15(10-7-11)13(16)12-5-3-2-4-8-14-12/h11-12,14H,2-10H2,1H3/t12-/m0/s1. The Kier molecular flexibility index (Phi) is 4.22. The molecule has 0 aliphatic carbocycles. The van der Waals surface area contributed by atoms with Gasteiger partial charge in [0.25, 0.3) is 0 Å². The second-order valence-corrected chi connectivity index (χ2v) is 5.36. The van der Waals surface area contributed by atoms with Gasteiger partial charge in [-0.05, 0) is 38.1 Å². The summed E-state index contributed by atoms with van der Waals surface area (Å²) in [5.74, 6) is 1.15. The number of carbonyl (C=O) groups excluding carboxylic acids is 1. The number of hydrogen-bond donors (Lipinski definition) is 1. The molecule has 1 amide bonds. The van der Waals surface area contributed by atoms with Crippen LogP contribution in [0.3, 0.4) is 0 Å². The Morgan fingerprint density at radius 3 is 2.62 bits per heavy atom. The van der Waals surface area contributed by atoms with Crippen LogP contribution >= 0.6 is 0 Å². The third-order valence-electron chi connectivity index (χ3n) is 3.95. The Balaban J connectivity index is 1.85. The molecule has 0 unspecified atom stereocenters. The van der Waals surface area contributed by atoms with Crippen molar-refractivity contribution in [3.8, 4) is 0 Å². The van der Waals surface area contributed by atoms with Gasteiger partial charge in [-0.3, -0.25) is 4.79 Å². The molecule has 2 heterocycles. The summed E-state index contributed by atoms with van der Waals surface area (Å²) in [5, 5.41) is 3.40. The predicted octanol–water partition coefficient (Wildman–Crippen LogP) is 1.78. The molecular formula is C13H24N2O. The largest absolute Gasteiger partial charge is 0.341 e. The number of likely N-dealkylation sites (tertiary alicyclic amines) is 1. The smallest absolute Gasteiger partial charge is 0.239 e. The molecule has 0 radical (unpaired) electrons. The highest BCUT2D eigenvalue weighted by Gasteiger charge is 2.27. The molecule has 1 atom stereocenters. The van der Waals surface area contributed by atoms with E-state index in [1.807, 2.05) is 0 Å². The van der Waals surface area contributed by atoms with Crippen molar-refractivity contribution in [2.75, 3.05) is 19.6 Å². The van der Waals surface area contributed by atoms with E-state index >= 15 is 0 Å². The van der Waals surface area contributed by atoms with Gasteiger partial charge >= 0.3 is 0 Å². The summed E-state index contributed by atoms with van der Waals surface area (Å²) in [7, 11) is 0. The lowest BCUT2D eigenvalue weighted by atomic mass is 9.98. The summed E-state index contributed by atoms with van der Waals surface area (Å²) >= 11 is 0. The maximum Gasteiger partial charge on any atom is 0.239 e. The summed E-state index contributed by atoms with van der Waals surface area (Å²) in [6, 6.07) is 0.107. The molecule has 2 aliphatic rings. The Labute approximate surface area is 98.6 Å². The lowest BCUT2D eigenvalue weighted by Gasteiger charge is -2.33. The number of hydrogen-bond acceptors (Lipinski definition) is 2. The first kappa shape index (κ1) is 11.9. The molecule has 3 nitrogen and oxygen atoms in total. The minimum Gasteiger partial charge on any atom is -0.341 e. The molecule has 3 heteroatoms. The van der Waals surface area contributed by atoms with E-state index in [9.17, 15) is 4.79 Å². The van der Waals surface area contributed by atoms with Crippen molar-refractivity contribution in [2.45, 2.75) is 51.5 Å². The van der Waals surface area contributed by atoms with E-state index in [0.717, 1.165) is 32.0 Å². The second kappa shape index (κ2) is 5.67. The zero-order valence-corrected chi connectivity index (χ0v) is 10.4. The molecule has 2 fully saturated rings. The van der Waals surface area contributed by atoms with Crippen LogP contribution < -0.4 is 5.32 Å². The fourth-order valence-electron chi connectivity index (χ4n) is 2.69. The maximum atomic E-state index is 12.3. The Bertz CT molecular complexity index is 226. The molecule has 2 saturated heterocycles. The Hall–Kier alpha value is -0.570. The van der Waals surface area contributed by atoms with Crippen LogP contribution in [0.5, 0.6) is 0 Å². The molecule has 92 valence electrons. The van der Waals surface area contributed by atoms with Gasteiger partial charge in [0.15, 0.2) is 0 Å². The van der Waals surface area contributed by atoms with E-state index in [1.165, 1.54) is 32.1 Å². The van der Waals surface area contributed by atoms with Crippen LogP contribution in [0.2, 0.25) is 0 Å². The van der Waals surface area contributed by atoms with Crippen LogP contribution in [-0.2, 0) is 4.79 Å². The highest BCUT2D eigenvalue weighted by molar-refractivity contribution is 5.82. The highest BCUT2D eigenvalue weighted by Crippen LogP contribution is 2.18. The molecule has 0 aromatic carbocycles. The quantitative estimate of drug-likeness (QED) is 0.736. The molecule has 1 N–H and O–H groups in total. The molecule has 2 aliphatic heterocycles. The summed E-state index contributed by atoms with van der Waals surface area (Å²) in [4.78, 5) is 14.3. The van der Waals surface area contributed by atoms with E-state index in [1.54, 1.807) is 0 Å². The monoisotopic (exact) mass is 224 g/mol. The van der Waals surface area contributed by atoms with Gasteiger partial charge in [0, 0.05) is 13.1 Å². The molecule has 0 saturated carbocycles. The molecule has 0 aromatic rings. The summed E-state index contributed by atoms with van der Waals surface area (Å²) in [6.07, 6.45) is 7.09. The van der Waals surface area contributed by atoms with Crippen molar-refractivity contribution in [3.63, 3.8) is 0 Å². The Morgan fingerprint density at radius 2 is 1.88 bits per heavy atom. The third kappa shape index (κ3) is 2.97. The van der Waals surface area contributed by atoms with Crippen LogP contribution in [0.25, 0.3) is 0 Å². The molecule has 2 rings (SSSR count). The van der Waals surface area contributed by atoms with Crippen LogP contribution in [0, 0.1) is 5.92 Å². The maximum absolute atomic E-state index is 12.3. The third-order valence-corrected chi connectivity index (χ3v) is 3.95. The van der Waals surface area contributed by atoms with Gasteiger partial charge in [0.05, 0.1) is 6.04 Å². The van der Waals surface area contributed by atoms with Crippen molar-refractivity contribution >= 4 is 5.91 Å².